The molecule has 0 heterocycles. The standard InChI is InChI=1S/C13H22O6S/c1-10-11(19-18-4)6-8-13(14,12(10,2)3)7-5-9-20(15,16)17/h6,8,14H,5,7,9H2,1-4H3,(H,15,16,17). The molecule has 0 radical (unpaired) electrons. The molecule has 0 aromatic rings. The number of hydrogen-bond donors (Lipinski definition) is 2. The van der Waals surface area contributed by atoms with Crippen LogP contribution in [0.1, 0.15) is 33.6 Å². The highest BCUT2D eigenvalue weighted by Gasteiger charge is 2.45. The first-order valence-corrected chi connectivity index (χ1v) is 7.93. The van der Waals surface area contributed by atoms with Crippen LogP contribution in [0.25, 0.3) is 0 Å². The van der Waals surface area contributed by atoms with Crippen molar-refractivity contribution in [1.82, 2.24) is 0 Å². The van der Waals surface area contributed by atoms with Crippen LogP contribution in [-0.4, -0.2) is 36.5 Å². The van der Waals surface area contributed by atoms with E-state index in [9.17, 15) is 13.5 Å². The van der Waals surface area contributed by atoms with Gasteiger partial charge in [0.15, 0.2) is 5.76 Å². The maximum absolute atomic E-state index is 10.8. The maximum Gasteiger partial charge on any atom is 0.264 e. The highest BCUT2D eigenvalue weighted by molar-refractivity contribution is 7.85. The van der Waals surface area contributed by atoms with Gasteiger partial charge in [0.2, 0.25) is 0 Å². The topological polar surface area (TPSA) is 93.1 Å². The maximum atomic E-state index is 10.8. The van der Waals surface area contributed by atoms with Crippen LogP contribution >= 0.6 is 0 Å². The Morgan fingerprint density at radius 1 is 1.35 bits per heavy atom. The van der Waals surface area contributed by atoms with E-state index in [1.807, 2.05) is 20.8 Å². The van der Waals surface area contributed by atoms with E-state index >= 15 is 0 Å². The number of allylic oxidation sites excluding steroid dienone is 1. The molecule has 1 unspecified atom stereocenters. The monoisotopic (exact) mass is 306 g/mol. The van der Waals surface area contributed by atoms with Crippen molar-refractivity contribution in [3.63, 3.8) is 0 Å². The van der Waals surface area contributed by atoms with Gasteiger partial charge in [0.05, 0.1) is 18.5 Å². The van der Waals surface area contributed by atoms with Crippen LogP contribution in [0.4, 0.5) is 0 Å². The van der Waals surface area contributed by atoms with Crippen molar-refractivity contribution in [3.05, 3.63) is 23.5 Å². The molecule has 0 fully saturated rings. The minimum Gasteiger partial charge on any atom is -0.385 e. The van der Waals surface area contributed by atoms with E-state index < -0.39 is 21.1 Å². The lowest BCUT2D eigenvalue weighted by atomic mass is 9.65. The lowest BCUT2D eigenvalue weighted by molar-refractivity contribution is -0.236. The van der Waals surface area contributed by atoms with Crippen molar-refractivity contribution in [2.45, 2.75) is 39.2 Å². The average molecular weight is 306 g/mol. The van der Waals surface area contributed by atoms with Crippen LogP contribution in [-0.2, 0) is 19.9 Å². The van der Waals surface area contributed by atoms with Crippen molar-refractivity contribution in [2.75, 3.05) is 12.9 Å². The van der Waals surface area contributed by atoms with Crippen LogP contribution in [0.5, 0.6) is 0 Å². The number of hydrogen-bond acceptors (Lipinski definition) is 5. The van der Waals surface area contributed by atoms with Gasteiger partial charge in [-0.15, -0.1) is 0 Å². The zero-order valence-corrected chi connectivity index (χ0v) is 13.0. The first kappa shape index (κ1) is 17.2. The summed E-state index contributed by atoms with van der Waals surface area (Å²) in [6, 6.07) is 0. The molecule has 0 bridgehead atoms. The fourth-order valence-electron chi connectivity index (χ4n) is 2.28. The molecule has 7 heteroatoms. The Morgan fingerprint density at radius 2 is 1.95 bits per heavy atom. The van der Waals surface area contributed by atoms with Gasteiger partial charge in [0.1, 0.15) is 0 Å². The molecular formula is C13H22O6S. The Balaban J connectivity index is 2.90. The van der Waals surface area contributed by atoms with E-state index in [1.54, 1.807) is 12.2 Å². The van der Waals surface area contributed by atoms with Crippen LogP contribution < -0.4 is 0 Å². The minimum absolute atomic E-state index is 0.164. The first-order chi connectivity index (χ1) is 9.03. The van der Waals surface area contributed by atoms with E-state index in [0.717, 1.165) is 5.57 Å². The molecule has 1 aliphatic carbocycles. The molecule has 20 heavy (non-hydrogen) atoms. The molecule has 0 amide bonds. The Bertz CT molecular complexity index is 517. The van der Waals surface area contributed by atoms with Gasteiger partial charge in [0, 0.05) is 5.41 Å². The van der Waals surface area contributed by atoms with Crippen LogP contribution in [0.2, 0.25) is 0 Å². The highest BCUT2D eigenvalue weighted by Crippen LogP contribution is 2.46. The summed E-state index contributed by atoms with van der Waals surface area (Å²) >= 11 is 0. The molecule has 116 valence electrons. The first-order valence-electron chi connectivity index (χ1n) is 6.32. The minimum atomic E-state index is -4.01. The quantitative estimate of drug-likeness (QED) is 0.442. The molecule has 0 aromatic carbocycles. The van der Waals surface area contributed by atoms with Crippen molar-refractivity contribution < 1.29 is 27.9 Å². The van der Waals surface area contributed by atoms with Crippen molar-refractivity contribution >= 4 is 10.1 Å². The van der Waals surface area contributed by atoms with Gasteiger partial charge < -0.3 is 9.99 Å². The Hall–Kier alpha value is -0.890. The predicted molar refractivity (Wildman–Crippen MR) is 74.3 cm³/mol. The molecule has 0 aliphatic heterocycles. The van der Waals surface area contributed by atoms with Crippen LogP contribution in [0, 0.1) is 5.41 Å². The normalized spacial score (nSPS) is 25.9. The summed E-state index contributed by atoms with van der Waals surface area (Å²) < 4.78 is 30.3. The summed E-state index contributed by atoms with van der Waals surface area (Å²) in [6.07, 6.45) is 3.57. The Morgan fingerprint density at radius 3 is 2.45 bits per heavy atom. The van der Waals surface area contributed by atoms with Gasteiger partial charge in [-0.2, -0.15) is 13.3 Å². The van der Waals surface area contributed by atoms with Crippen LogP contribution in [0.15, 0.2) is 23.5 Å². The zero-order chi connectivity index (χ0) is 15.6. The number of aliphatic hydroxyl groups is 1. The molecule has 0 spiro atoms. The second-order valence-corrected chi connectivity index (χ2v) is 7.08. The van der Waals surface area contributed by atoms with Gasteiger partial charge in [-0.3, -0.25) is 4.55 Å². The Kier molecular flexibility index (Phi) is 5.02. The van der Waals surface area contributed by atoms with E-state index in [4.69, 9.17) is 9.44 Å². The van der Waals surface area contributed by atoms with Gasteiger partial charge in [0.25, 0.3) is 10.1 Å². The fourth-order valence-corrected chi connectivity index (χ4v) is 2.79. The predicted octanol–water partition coefficient (Wildman–Crippen LogP) is 1.83. The molecule has 0 saturated heterocycles. The summed E-state index contributed by atoms with van der Waals surface area (Å²) in [5.41, 5.74) is -1.05. The van der Waals surface area contributed by atoms with Gasteiger partial charge in [-0.25, -0.2) is 0 Å². The molecule has 6 nitrogen and oxygen atoms in total. The highest BCUT2D eigenvalue weighted by atomic mass is 32.2. The molecule has 0 aromatic heterocycles. The largest absolute Gasteiger partial charge is 0.385 e. The molecule has 0 saturated carbocycles. The third kappa shape index (κ3) is 3.60. The third-order valence-electron chi connectivity index (χ3n) is 4.03. The SMILES string of the molecule is COOC1=C(C)C(C)(C)C(O)(CCCS(=O)(=O)O)C=C1. The van der Waals surface area contributed by atoms with E-state index in [1.165, 1.54) is 7.11 Å². The molecule has 1 aliphatic rings. The Labute approximate surface area is 119 Å². The fraction of sp³-hybridized carbons (Fsp3) is 0.692. The van der Waals surface area contributed by atoms with Gasteiger partial charge in [-0.1, -0.05) is 13.8 Å². The van der Waals surface area contributed by atoms with Gasteiger partial charge >= 0.3 is 0 Å². The summed E-state index contributed by atoms with van der Waals surface area (Å²) in [7, 11) is -2.62. The third-order valence-corrected chi connectivity index (χ3v) is 4.84. The molecule has 1 atom stereocenters. The van der Waals surface area contributed by atoms with E-state index in [-0.39, 0.29) is 18.6 Å². The second-order valence-electron chi connectivity index (χ2n) is 5.51. The average Bonchev–Trinajstić information content (AvgIpc) is 2.30. The molecule has 1 rings (SSSR count). The molecule has 2 N–H and O–H groups in total. The number of rotatable bonds is 6. The summed E-state index contributed by atoms with van der Waals surface area (Å²) in [4.78, 5) is 9.66. The smallest absolute Gasteiger partial charge is 0.264 e. The van der Waals surface area contributed by atoms with Crippen molar-refractivity contribution in [3.8, 4) is 0 Å². The molecular weight excluding hydrogens is 284 g/mol. The van der Waals surface area contributed by atoms with Gasteiger partial charge in [-0.05, 0) is 37.5 Å². The van der Waals surface area contributed by atoms with Crippen molar-refractivity contribution in [2.24, 2.45) is 5.41 Å². The summed E-state index contributed by atoms with van der Waals surface area (Å²) in [6.45, 7) is 5.52. The summed E-state index contributed by atoms with van der Waals surface area (Å²) in [5, 5.41) is 10.8. The lowest BCUT2D eigenvalue weighted by Gasteiger charge is -2.44. The zero-order valence-electron chi connectivity index (χ0n) is 12.2. The summed E-state index contributed by atoms with van der Waals surface area (Å²) in [5.74, 6) is 0.153. The lowest BCUT2D eigenvalue weighted by Crippen LogP contribution is -2.46. The van der Waals surface area contributed by atoms with E-state index in [0.29, 0.717) is 5.76 Å². The second kappa shape index (κ2) is 5.85. The van der Waals surface area contributed by atoms with Crippen molar-refractivity contribution in [1.29, 1.82) is 0 Å². The van der Waals surface area contributed by atoms with E-state index in [2.05, 4.69) is 4.89 Å². The van der Waals surface area contributed by atoms with Crippen LogP contribution in [0.3, 0.4) is 0 Å².